The van der Waals surface area contributed by atoms with Crippen molar-refractivity contribution in [2.75, 3.05) is 6.61 Å². The Balaban J connectivity index is 1.45. The number of aliphatic hydroxyl groups is 1. The fraction of sp³-hybridized carbons (Fsp3) is 0.273. The van der Waals surface area contributed by atoms with E-state index in [1.807, 2.05) is 110 Å². The highest BCUT2D eigenvalue weighted by Crippen LogP contribution is 2.57. The van der Waals surface area contributed by atoms with Crippen LogP contribution in [0.3, 0.4) is 0 Å². The number of hydrogen-bond acceptors (Lipinski definition) is 6. The quantitative estimate of drug-likeness (QED) is 0.228. The molecular formula is C33H35O6P. The summed E-state index contributed by atoms with van der Waals surface area (Å²) >= 11 is 0. The van der Waals surface area contributed by atoms with Gasteiger partial charge in [0.1, 0.15) is 18.3 Å². The molecule has 0 aliphatic carbocycles. The van der Waals surface area contributed by atoms with Crippen LogP contribution in [0.2, 0.25) is 0 Å². The lowest BCUT2D eigenvalue weighted by atomic mass is 10.1. The third kappa shape index (κ3) is 6.97. The molecule has 1 saturated heterocycles. The molecule has 0 bridgehead atoms. The summed E-state index contributed by atoms with van der Waals surface area (Å²) in [6.45, 7) is 2.89. The van der Waals surface area contributed by atoms with Crippen molar-refractivity contribution in [2.45, 2.75) is 50.9 Å². The molecule has 1 aliphatic heterocycles. The molecule has 5 rings (SSSR count). The first-order valence-electron chi connectivity index (χ1n) is 13.5. The molecule has 7 heteroatoms. The van der Waals surface area contributed by atoms with Gasteiger partial charge < -0.3 is 23.8 Å². The van der Waals surface area contributed by atoms with Crippen molar-refractivity contribution in [1.82, 2.24) is 0 Å². The minimum Gasteiger partial charge on any atom is -0.380 e. The van der Waals surface area contributed by atoms with Gasteiger partial charge in [0.2, 0.25) is 0 Å². The van der Waals surface area contributed by atoms with Gasteiger partial charge in [-0.3, -0.25) is 4.57 Å². The average molecular weight is 559 g/mol. The van der Waals surface area contributed by atoms with Crippen LogP contribution in [0.25, 0.3) is 0 Å². The van der Waals surface area contributed by atoms with E-state index in [9.17, 15) is 9.67 Å². The molecule has 40 heavy (non-hydrogen) atoms. The molecule has 1 aliphatic rings. The van der Waals surface area contributed by atoms with E-state index in [1.165, 1.54) is 0 Å². The first kappa shape index (κ1) is 28.4. The van der Waals surface area contributed by atoms with E-state index in [4.69, 9.17) is 18.7 Å². The van der Waals surface area contributed by atoms with E-state index in [0.717, 1.165) is 22.3 Å². The molecule has 1 N–H and O–H groups in total. The van der Waals surface area contributed by atoms with Gasteiger partial charge >= 0.3 is 0 Å². The van der Waals surface area contributed by atoms with Crippen molar-refractivity contribution in [3.8, 4) is 0 Å². The SMILES string of the molecule is Cc1cccc([P@@]2(=O)O[C@H](COCc3ccccc3)[C@@H](OCc3ccccc3)[C@H](OCc3ccccc3)[C@H]2O)c1. The van der Waals surface area contributed by atoms with Gasteiger partial charge in [0.15, 0.2) is 5.85 Å². The highest BCUT2D eigenvalue weighted by molar-refractivity contribution is 7.67. The summed E-state index contributed by atoms with van der Waals surface area (Å²) in [6.07, 6.45) is -2.40. The number of aliphatic hydroxyl groups excluding tert-OH is 1. The van der Waals surface area contributed by atoms with Gasteiger partial charge in [-0.05, 0) is 35.7 Å². The maximum Gasteiger partial charge on any atom is 0.262 e. The Morgan fingerprint density at radius 3 is 1.77 bits per heavy atom. The van der Waals surface area contributed by atoms with Crippen molar-refractivity contribution in [2.24, 2.45) is 0 Å². The second-order valence-corrected chi connectivity index (χ2v) is 12.5. The fourth-order valence-electron chi connectivity index (χ4n) is 4.84. The van der Waals surface area contributed by atoms with Crippen LogP contribution >= 0.6 is 7.37 Å². The topological polar surface area (TPSA) is 74.2 Å². The van der Waals surface area contributed by atoms with Crippen LogP contribution in [0.1, 0.15) is 22.3 Å². The zero-order chi connectivity index (χ0) is 27.8. The Bertz CT molecular complexity index is 1380. The average Bonchev–Trinajstić information content (AvgIpc) is 2.99. The summed E-state index contributed by atoms with van der Waals surface area (Å²) in [5.74, 6) is -1.43. The molecule has 4 aromatic rings. The summed E-state index contributed by atoms with van der Waals surface area (Å²) in [4.78, 5) is 0. The minimum atomic E-state index is -3.79. The van der Waals surface area contributed by atoms with Crippen LogP contribution < -0.4 is 5.30 Å². The number of aryl methyl sites for hydroxylation is 1. The van der Waals surface area contributed by atoms with Gasteiger partial charge in [0.25, 0.3) is 7.37 Å². The highest BCUT2D eigenvalue weighted by Gasteiger charge is 2.54. The van der Waals surface area contributed by atoms with E-state index >= 15 is 0 Å². The van der Waals surface area contributed by atoms with Crippen molar-refractivity contribution in [3.63, 3.8) is 0 Å². The largest absolute Gasteiger partial charge is 0.380 e. The van der Waals surface area contributed by atoms with Crippen LogP contribution in [0.4, 0.5) is 0 Å². The Kier molecular flexibility index (Phi) is 9.61. The van der Waals surface area contributed by atoms with Crippen LogP contribution in [0.5, 0.6) is 0 Å². The van der Waals surface area contributed by atoms with Crippen molar-refractivity contribution in [3.05, 3.63) is 138 Å². The number of ether oxygens (including phenoxy) is 3. The second kappa shape index (κ2) is 13.5. The molecule has 0 aromatic heterocycles. The molecule has 1 fully saturated rings. The Morgan fingerprint density at radius 1 is 0.700 bits per heavy atom. The smallest absolute Gasteiger partial charge is 0.262 e. The van der Waals surface area contributed by atoms with Gasteiger partial charge in [0.05, 0.1) is 26.4 Å². The van der Waals surface area contributed by atoms with Crippen LogP contribution in [0, 0.1) is 6.92 Å². The second-order valence-electron chi connectivity index (χ2n) is 10.0. The summed E-state index contributed by atoms with van der Waals surface area (Å²) < 4.78 is 39.7. The molecule has 0 saturated carbocycles. The predicted molar refractivity (Wildman–Crippen MR) is 155 cm³/mol. The van der Waals surface area contributed by atoms with E-state index in [2.05, 4.69) is 0 Å². The minimum absolute atomic E-state index is 0.113. The molecular weight excluding hydrogens is 523 g/mol. The molecule has 0 radical (unpaired) electrons. The van der Waals surface area contributed by atoms with Crippen LogP contribution in [-0.2, 0) is 43.1 Å². The number of hydrogen-bond donors (Lipinski definition) is 1. The van der Waals surface area contributed by atoms with E-state index in [-0.39, 0.29) is 19.8 Å². The fourth-order valence-corrected chi connectivity index (χ4v) is 7.30. The van der Waals surface area contributed by atoms with Gasteiger partial charge in [0, 0.05) is 5.30 Å². The van der Waals surface area contributed by atoms with E-state index < -0.39 is 31.5 Å². The Morgan fingerprint density at radius 2 is 1.23 bits per heavy atom. The monoisotopic (exact) mass is 558 g/mol. The molecule has 6 nitrogen and oxygen atoms in total. The van der Waals surface area contributed by atoms with Crippen molar-refractivity contribution >= 4 is 12.7 Å². The molecule has 1 heterocycles. The molecule has 208 valence electrons. The summed E-state index contributed by atoms with van der Waals surface area (Å²) in [5, 5.41) is 12.1. The maximum absolute atomic E-state index is 14.5. The van der Waals surface area contributed by atoms with Crippen LogP contribution in [-0.4, -0.2) is 35.9 Å². The van der Waals surface area contributed by atoms with Gasteiger partial charge in [-0.1, -0.05) is 109 Å². The third-order valence-corrected chi connectivity index (χ3v) is 9.52. The predicted octanol–water partition coefficient (Wildman–Crippen LogP) is 6.00. The first-order chi connectivity index (χ1) is 19.5. The Hall–Kier alpha value is -3.09. The lowest BCUT2D eigenvalue weighted by Crippen LogP contribution is -2.55. The van der Waals surface area contributed by atoms with Crippen molar-refractivity contribution < 1.29 is 28.4 Å². The van der Waals surface area contributed by atoms with E-state index in [1.54, 1.807) is 12.1 Å². The maximum atomic E-state index is 14.5. The molecule has 4 aromatic carbocycles. The summed E-state index contributed by atoms with van der Waals surface area (Å²) in [7, 11) is -3.79. The van der Waals surface area contributed by atoms with Gasteiger partial charge in [-0.25, -0.2) is 0 Å². The first-order valence-corrected chi connectivity index (χ1v) is 15.2. The van der Waals surface area contributed by atoms with Crippen LogP contribution in [0.15, 0.2) is 115 Å². The molecule has 5 atom stereocenters. The normalized spacial score (nSPS) is 24.6. The highest BCUT2D eigenvalue weighted by atomic mass is 31.2. The lowest BCUT2D eigenvalue weighted by molar-refractivity contribution is -0.174. The summed E-state index contributed by atoms with van der Waals surface area (Å²) in [5.41, 5.74) is 3.84. The zero-order valence-corrected chi connectivity index (χ0v) is 23.4. The molecule has 0 amide bonds. The molecule has 0 unspecified atom stereocenters. The number of benzene rings is 4. The van der Waals surface area contributed by atoms with Gasteiger partial charge in [-0.15, -0.1) is 0 Å². The molecule has 0 spiro atoms. The zero-order valence-electron chi connectivity index (χ0n) is 22.5. The third-order valence-electron chi connectivity index (χ3n) is 6.95. The van der Waals surface area contributed by atoms with Gasteiger partial charge in [-0.2, -0.15) is 0 Å². The summed E-state index contributed by atoms with van der Waals surface area (Å²) in [6, 6.07) is 36.6. The lowest BCUT2D eigenvalue weighted by Gasteiger charge is -2.44. The van der Waals surface area contributed by atoms with Crippen molar-refractivity contribution in [1.29, 1.82) is 0 Å². The standard InChI is InChI=1S/C33H35O6P/c1-25-12-11-19-29(20-25)40(35)33(34)32(38-23-28-17-9-4-10-18-28)31(37-22-27-15-7-3-8-16-27)30(39-40)24-36-21-26-13-5-2-6-14-26/h2-20,30-34H,21-24H2,1H3/t30-,31-,32+,33+,40-/m1/s1. The Labute approximate surface area is 236 Å². The van der Waals surface area contributed by atoms with E-state index in [0.29, 0.717) is 11.9 Å². The number of rotatable bonds is 11.